The molecule has 0 aliphatic carbocycles. The number of aryl methyl sites for hydroxylation is 1. The second-order valence-electron chi connectivity index (χ2n) is 5.09. The summed E-state index contributed by atoms with van der Waals surface area (Å²) in [7, 11) is 0. The molecule has 0 saturated heterocycles. The maximum atomic E-state index is 14.0. The zero-order valence-corrected chi connectivity index (χ0v) is 12.2. The molecule has 2 aromatic rings. The molecule has 0 aliphatic heterocycles. The minimum absolute atomic E-state index is 0.0198. The van der Waals surface area contributed by atoms with Crippen molar-refractivity contribution in [1.82, 2.24) is 0 Å². The van der Waals surface area contributed by atoms with E-state index in [0.717, 1.165) is 6.42 Å². The number of para-hydroxylation sites is 1. The Bertz CT molecular complexity index is 628. The molecule has 4 heteroatoms. The normalized spacial score (nSPS) is 12.2. The van der Waals surface area contributed by atoms with Crippen molar-refractivity contribution in [2.24, 2.45) is 5.73 Å². The quantitative estimate of drug-likeness (QED) is 0.889. The highest BCUT2D eigenvalue weighted by molar-refractivity contribution is 5.41. The average Bonchev–Trinajstić information content (AvgIpc) is 2.47. The van der Waals surface area contributed by atoms with Gasteiger partial charge in [0, 0.05) is 6.04 Å². The molecule has 1 atom stereocenters. The molecule has 0 saturated carbocycles. The van der Waals surface area contributed by atoms with Crippen LogP contribution in [0.4, 0.5) is 8.78 Å². The molecule has 0 heterocycles. The molecular weight excluding hydrogens is 272 g/mol. The average molecular weight is 291 g/mol. The topological polar surface area (TPSA) is 35.2 Å². The molecule has 21 heavy (non-hydrogen) atoms. The first-order chi connectivity index (χ1) is 10.0. The fourth-order valence-electron chi connectivity index (χ4n) is 2.06. The van der Waals surface area contributed by atoms with Gasteiger partial charge in [-0.25, -0.2) is 8.78 Å². The highest BCUT2D eigenvalue weighted by Crippen LogP contribution is 2.31. The van der Waals surface area contributed by atoms with Crippen LogP contribution in [-0.4, -0.2) is 6.04 Å². The van der Waals surface area contributed by atoms with Crippen LogP contribution in [0.3, 0.4) is 0 Å². The molecule has 0 radical (unpaired) electrons. The Morgan fingerprint density at radius 2 is 1.86 bits per heavy atom. The van der Waals surface area contributed by atoms with Crippen LogP contribution in [-0.2, 0) is 6.42 Å². The lowest BCUT2D eigenvalue weighted by molar-refractivity contribution is 0.406. The summed E-state index contributed by atoms with van der Waals surface area (Å²) in [4.78, 5) is 0. The van der Waals surface area contributed by atoms with Crippen LogP contribution in [0.2, 0.25) is 0 Å². The summed E-state index contributed by atoms with van der Waals surface area (Å²) in [5.41, 5.74) is 7.02. The standard InChI is InChI=1S/C17H19F2NO/c1-3-13(20)10-12-7-5-8-14(18)17(12)21-15-9-4-6-11(2)16(15)19/h4-9,13H,3,10,20H2,1-2H3. The van der Waals surface area contributed by atoms with Gasteiger partial charge in [-0.15, -0.1) is 0 Å². The van der Waals surface area contributed by atoms with Crippen molar-refractivity contribution in [2.75, 3.05) is 0 Å². The Kier molecular flexibility index (Phi) is 4.91. The Morgan fingerprint density at radius 1 is 1.14 bits per heavy atom. The van der Waals surface area contributed by atoms with Crippen LogP contribution in [0.25, 0.3) is 0 Å². The van der Waals surface area contributed by atoms with Gasteiger partial charge in [-0.05, 0) is 43.0 Å². The highest BCUT2D eigenvalue weighted by Gasteiger charge is 2.15. The largest absolute Gasteiger partial charge is 0.451 e. The van der Waals surface area contributed by atoms with Crippen LogP contribution in [0.1, 0.15) is 24.5 Å². The first kappa shape index (κ1) is 15.4. The van der Waals surface area contributed by atoms with Crippen LogP contribution in [0.15, 0.2) is 36.4 Å². The van der Waals surface area contributed by atoms with E-state index in [1.54, 1.807) is 31.2 Å². The molecule has 0 aliphatic rings. The third-order valence-corrected chi connectivity index (χ3v) is 3.42. The number of benzene rings is 2. The van der Waals surface area contributed by atoms with Crippen molar-refractivity contribution in [3.63, 3.8) is 0 Å². The molecule has 0 fully saturated rings. The van der Waals surface area contributed by atoms with E-state index in [4.69, 9.17) is 10.5 Å². The molecule has 2 rings (SSSR count). The summed E-state index contributed by atoms with van der Waals surface area (Å²) in [6.45, 7) is 3.60. The third-order valence-electron chi connectivity index (χ3n) is 3.42. The SMILES string of the molecule is CCC(N)Cc1cccc(F)c1Oc1cccc(C)c1F. The van der Waals surface area contributed by atoms with Gasteiger partial charge in [0.1, 0.15) is 0 Å². The molecule has 2 N–H and O–H groups in total. The minimum Gasteiger partial charge on any atom is -0.451 e. The lowest BCUT2D eigenvalue weighted by atomic mass is 10.0. The summed E-state index contributed by atoms with van der Waals surface area (Å²) < 4.78 is 33.5. The van der Waals surface area contributed by atoms with Gasteiger partial charge in [0.15, 0.2) is 23.1 Å². The molecule has 0 amide bonds. The van der Waals surface area contributed by atoms with Crippen LogP contribution in [0, 0.1) is 18.6 Å². The van der Waals surface area contributed by atoms with Crippen LogP contribution >= 0.6 is 0 Å². The van der Waals surface area contributed by atoms with E-state index >= 15 is 0 Å². The van der Waals surface area contributed by atoms with Crippen molar-refractivity contribution < 1.29 is 13.5 Å². The third kappa shape index (κ3) is 3.58. The Hall–Kier alpha value is -1.94. The van der Waals surface area contributed by atoms with Crippen LogP contribution in [0.5, 0.6) is 11.5 Å². The highest BCUT2D eigenvalue weighted by atomic mass is 19.1. The molecule has 2 aromatic carbocycles. The first-order valence-electron chi connectivity index (χ1n) is 6.98. The van der Waals surface area contributed by atoms with Crippen molar-refractivity contribution in [2.45, 2.75) is 32.7 Å². The van der Waals surface area contributed by atoms with E-state index in [2.05, 4.69) is 0 Å². The first-order valence-corrected chi connectivity index (χ1v) is 6.98. The number of halogens is 2. The van der Waals surface area contributed by atoms with Crippen molar-refractivity contribution in [1.29, 1.82) is 0 Å². The predicted octanol–water partition coefficient (Wildman–Crippen LogP) is 4.35. The number of rotatable bonds is 5. The molecule has 112 valence electrons. The van der Waals surface area contributed by atoms with Crippen molar-refractivity contribution in [3.8, 4) is 11.5 Å². The summed E-state index contributed by atoms with van der Waals surface area (Å²) in [5, 5.41) is 0. The van der Waals surface area contributed by atoms with Crippen molar-refractivity contribution in [3.05, 3.63) is 59.2 Å². The van der Waals surface area contributed by atoms with E-state index in [-0.39, 0.29) is 17.5 Å². The number of hydrogen-bond donors (Lipinski definition) is 1. The maximum absolute atomic E-state index is 14.0. The van der Waals surface area contributed by atoms with Gasteiger partial charge in [0.2, 0.25) is 0 Å². The van der Waals surface area contributed by atoms with Gasteiger partial charge in [0.05, 0.1) is 0 Å². The second-order valence-corrected chi connectivity index (χ2v) is 5.09. The van der Waals surface area contributed by atoms with Gasteiger partial charge in [0.25, 0.3) is 0 Å². The number of ether oxygens (including phenoxy) is 1. The van der Waals surface area contributed by atoms with E-state index in [9.17, 15) is 8.78 Å². The molecule has 0 spiro atoms. The fourth-order valence-corrected chi connectivity index (χ4v) is 2.06. The van der Waals surface area contributed by atoms with Crippen LogP contribution < -0.4 is 10.5 Å². The molecule has 2 nitrogen and oxygen atoms in total. The molecule has 0 aromatic heterocycles. The van der Waals surface area contributed by atoms with Gasteiger partial charge < -0.3 is 10.5 Å². The van der Waals surface area contributed by atoms with E-state index < -0.39 is 11.6 Å². The van der Waals surface area contributed by atoms with Gasteiger partial charge in [-0.2, -0.15) is 0 Å². The minimum atomic E-state index is -0.517. The lowest BCUT2D eigenvalue weighted by Crippen LogP contribution is -2.21. The zero-order valence-electron chi connectivity index (χ0n) is 12.2. The number of nitrogens with two attached hydrogens (primary N) is 1. The van der Waals surface area contributed by atoms with Gasteiger partial charge in [-0.3, -0.25) is 0 Å². The van der Waals surface area contributed by atoms with E-state index in [0.29, 0.717) is 17.5 Å². The van der Waals surface area contributed by atoms with Gasteiger partial charge >= 0.3 is 0 Å². The maximum Gasteiger partial charge on any atom is 0.168 e. The Balaban J connectivity index is 2.36. The van der Waals surface area contributed by atoms with E-state index in [1.165, 1.54) is 12.1 Å². The fraction of sp³-hybridized carbons (Fsp3) is 0.294. The predicted molar refractivity (Wildman–Crippen MR) is 79.6 cm³/mol. The summed E-state index contributed by atoms with van der Waals surface area (Å²) in [5.74, 6) is -0.930. The summed E-state index contributed by atoms with van der Waals surface area (Å²) in [6.07, 6.45) is 1.26. The second kappa shape index (κ2) is 6.68. The smallest absolute Gasteiger partial charge is 0.168 e. The summed E-state index contributed by atoms with van der Waals surface area (Å²) >= 11 is 0. The zero-order chi connectivity index (χ0) is 15.4. The summed E-state index contributed by atoms with van der Waals surface area (Å²) in [6, 6.07) is 9.36. The number of hydrogen-bond acceptors (Lipinski definition) is 2. The lowest BCUT2D eigenvalue weighted by Gasteiger charge is -2.15. The van der Waals surface area contributed by atoms with Gasteiger partial charge in [-0.1, -0.05) is 31.2 Å². The Labute approximate surface area is 123 Å². The molecular formula is C17H19F2NO. The molecule has 1 unspecified atom stereocenters. The van der Waals surface area contributed by atoms with E-state index in [1.807, 2.05) is 6.92 Å². The Morgan fingerprint density at radius 3 is 2.57 bits per heavy atom. The monoisotopic (exact) mass is 291 g/mol. The molecule has 0 bridgehead atoms. The van der Waals surface area contributed by atoms with Crippen molar-refractivity contribution >= 4 is 0 Å².